The van der Waals surface area contributed by atoms with Crippen molar-refractivity contribution < 1.29 is 0 Å². The van der Waals surface area contributed by atoms with E-state index in [0.29, 0.717) is 0 Å². The Labute approximate surface area is 359 Å². The second-order valence-electron chi connectivity index (χ2n) is 15.8. The Kier molecular flexibility index (Phi) is 14.9. The highest BCUT2D eigenvalue weighted by Crippen LogP contribution is 2.40. The van der Waals surface area contributed by atoms with Crippen molar-refractivity contribution in [2.75, 3.05) is 18.4 Å². The molecule has 1 unspecified atom stereocenters. The van der Waals surface area contributed by atoms with Gasteiger partial charge in [-0.2, -0.15) is 0 Å². The standard InChI is InChI=1S/C57H61N3/c1-10-23-49(41(6)11-2)55(42(7)12-3)52-28-19-17-26-46(52)38-40(5)31-32-44(9)43(8)24-15-14-22-37-60(13-4)57-58-54-30-21-20-29-53(54)56(59-57)48-35-36-51-47(39-48)34-33-45-25-16-18-27-50(45)51/h11-12,14-22,24-36,39,46,52,57-58H,2-3,5,8-10,13,23,37-38H2,1,4,6-7H3/b22-14-,24-15-,32-31-,49-41+,55-42-/t46?,52-,57-/m0/s1. The summed E-state index contributed by atoms with van der Waals surface area (Å²) in [4.78, 5) is 7.66. The van der Waals surface area contributed by atoms with Crippen molar-refractivity contribution in [3.63, 3.8) is 0 Å². The Balaban J connectivity index is 1.08. The zero-order valence-electron chi connectivity index (χ0n) is 36.1. The van der Waals surface area contributed by atoms with Crippen molar-refractivity contribution in [2.45, 2.75) is 53.2 Å². The molecule has 4 aromatic rings. The summed E-state index contributed by atoms with van der Waals surface area (Å²) in [5.74, 6) is 0.511. The molecule has 1 heterocycles. The molecule has 0 aromatic heterocycles. The van der Waals surface area contributed by atoms with Crippen molar-refractivity contribution in [1.82, 2.24) is 4.90 Å². The largest absolute Gasteiger partial charge is 0.351 e. The fourth-order valence-electron chi connectivity index (χ4n) is 8.28. The molecular formula is C57H61N3. The molecule has 304 valence electrons. The molecule has 1 N–H and O–H groups in total. The highest BCUT2D eigenvalue weighted by molar-refractivity contribution is 6.19. The summed E-state index contributed by atoms with van der Waals surface area (Å²) in [6.07, 6.45) is 28.1. The van der Waals surface area contributed by atoms with Crippen LogP contribution in [-0.4, -0.2) is 30.0 Å². The summed E-state index contributed by atoms with van der Waals surface area (Å²) in [5, 5.41) is 8.68. The van der Waals surface area contributed by atoms with E-state index in [9.17, 15) is 0 Å². The first kappa shape index (κ1) is 43.3. The van der Waals surface area contributed by atoms with Crippen molar-refractivity contribution in [3.8, 4) is 0 Å². The van der Waals surface area contributed by atoms with E-state index in [4.69, 9.17) is 4.99 Å². The summed E-state index contributed by atoms with van der Waals surface area (Å²) in [5.41, 5.74) is 12.3. The summed E-state index contributed by atoms with van der Waals surface area (Å²) in [6.45, 7) is 31.6. The van der Waals surface area contributed by atoms with E-state index in [-0.39, 0.29) is 18.1 Å². The van der Waals surface area contributed by atoms with Gasteiger partial charge in [0, 0.05) is 29.3 Å². The minimum atomic E-state index is -0.205. The van der Waals surface area contributed by atoms with Gasteiger partial charge in [0.05, 0.1) is 5.71 Å². The van der Waals surface area contributed by atoms with E-state index in [1.165, 1.54) is 43.8 Å². The van der Waals surface area contributed by atoms with Gasteiger partial charge in [0.15, 0.2) is 6.29 Å². The number of para-hydroxylation sites is 1. The van der Waals surface area contributed by atoms with E-state index in [1.54, 1.807) is 0 Å². The molecule has 4 aromatic carbocycles. The Morgan fingerprint density at radius 2 is 1.48 bits per heavy atom. The van der Waals surface area contributed by atoms with Crippen LogP contribution in [-0.2, 0) is 0 Å². The minimum absolute atomic E-state index is 0.205. The molecule has 3 heteroatoms. The van der Waals surface area contributed by atoms with Crippen LogP contribution < -0.4 is 5.32 Å². The quantitative estimate of drug-likeness (QED) is 0.0803. The molecule has 0 radical (unpaired) electrons. The summed E-state index contributed by atoms with van der Waals surface area (Å²) in [6, 6.07) is 28.2. The molecule has 2 aliphatic rings. The third-order valence-corrected chi connectivity index (χ3v) is 11.7. The molecule has 0 saturated carbocycles. The maximum Gasteiger partial charge on any atom is 0.177 e. The average molecular weight is 788 g/mol. The molecule has 60 heavy (non-hydrogen) atoms. The van der Waals surface area contributed by atoms with Gasteiger partial charge in [-0.1, -0.05) is 198 Å². The first-order chi connectivity index (χ1) is 29.2. The highest BCUT2D eigenvalue weighted by Gasteiger charge is 2.27. The van der Waals surface area contributed by atoms with E-state index in [2.05, 4.69) is 192 Å². The number of nitrogens with one attached hydrogen (secondary N) is 1. The van der Waals surface area contributed by atoms with Crippen LogP contribution in [0.1, 0.15) is 58.1 Å². The molecule has 1 aliphatic heterocycles. The zero-order valence-corrected chi connectivity index (χ0v) is 36.1. The second kappa shape index (κ2) is 20.6. The highest BCUT2D eigenvalue weighted by atomic mass is 15.4. The molecule has 6 rings (SSSR count). The number of allylic oxidation sites excluding steroid dienone is 18. The van der Waals surface area contributed by atoms with E-state index >= 15 is 0 Å². The van der Waals surface area contributed by atoms with Crippen LogP contribution in [0.4, 0.5) is 5.69 Å². The minimum Gasteiger partial charge on any atom is -0.351 e. The smallest absolute Gasteiger partial charge is 0.177 e. The number of likely N-dealkylation sites (N-methyl/N-ethyl adjacent to an activating group) is 1. The molecule has 3 atom stereocenters. The van der Waals surface area contributed by atoms with Gasteiger partial charge >= 0.3 is 0 Å². The molecule has 3 nitrogen and oxygen atoms in total. The topological polar surface area (TPSA) is 27.6 Å². The van der Waals surface area contributed by atoms with Gasteiger partial charge < -0.3 is 5.32 Å². The maximum atomic E-state index is 5.33. The third-order valence-electron chi connectivity index (χ3n) is 11.7. The van der Waals surface area contributed by atoms with Gasteiger partial charge in [0.2, 0.25) is 0 Å². The first-order valence-corrected chi connectivity index (χ1v) is 21.3. The maximum absolute atomic E-state index is 5.33. The number of rotatable bonds is 18. The third kappa shape index (κ3) is 10.1. The van der Waals surface area contributed by atoms with Gasteiger partial charge in [0.25, 0.3) is 0 Å². The van der Waals surface area contributed by atoms with Gasteiger partial charge in [-0.15, -0.1) is 0 Å². The van der Waals surface area contributed by atoms with Crippen LogP contribution >= 0.6 is 0 Å². The SMILES string of the molecule is C=C/C(C)=C(CCC)/C(=C(\C)C=C)[C@H]1C=CC=CC1CC(=C)/C=C\C(=C)C(=C)/C=C\C=C/CN(CC)[C@@H]1N=C(c2ccc3c(ccc4ccccc43)c2)c2ccccc2N1. The molecule has 0 amide bonds. The molecule has 0 spiro atoms. The van der Waals surface area contributed by atoms with Crippen LogP contribution in [0.3, 0.4) is 0 Å². The van der Waals surface area contributed by atoms with Crippen molar-refractivity contribution >= 4 is 32.9 Å². The number of anilines is 1. The van der Waals surface area contributed by atoms with Crippen LogP contribution in [0.25, 0.3) is 21.5 Å². The average Bonchev–Trinajstić information content (AvgIpc) is 3.28. The number of hydrogen-bond donors (Lipinski definition) is 1. The predicted octanol–water partition coefficient (Wildman–Crippen LogP) is 14.8. The number of hydrogen-bond acceptors (Lipinski definition) is 3. The molecule has 0 saturated heterocycles. The molecule has 0 fully saturated rings. The zero-order chi connectivity index (χ0) is 42.6. The molecule has 1 aliphatic carbocycles. The Morgan fingerprint density at radius 1 is 0.767 bits per heavy atom. The molecular weight excluding hydrogens is 727 g/mol. The van der Waals surface area contributed by atoms with Crippen LogP contribution in [0.5, 0.6) is 0 Å². The lowest BCUT2D eigenvalue weighted by Crippen LogP contribution is -2.42. The van der Waals surface area contributed by atoms with E-state index < -0.39 is 0 Å². The lowest BCUT2D eigenvalue weighted by Gasteiger charge is -2.33. The monoisotopic (exact) mass is 787 g/mol. The lowest BCUT2D eigenvalue weighted by atomic mass is 9.74. The van der Waals surface area contributed by atoms with Gasteiger partial charge in [-0.3, -0.25) is 4.90 Å². The number of fused-ring (bicyclic) bond motifs is 4. The number of benzene rings is 4. The summed E-state index contributed by atoms with van der Waals surface area (Å²) >= 11 is 0. The van der Waals surface area contributed by atoms with Gasteiger partial charge in [0.1, 0.15) is 0 Å². The summed E-state index contributed by atoms with van der Waals surface area (Å²) in [7, 11) is 0. The number of nitrogens with zero attached hydrogens (tertiary/aromatic N) is 2. The van der Waals surface area contributed by atoms with Crippen molar-refractivity contribution in [3.05, 3.63) is 235 Å². The Bertz CT molecular complexity index is 2540. The van der Waals surface area contributed by atoms with E-state index in [0.717, 1.165) is 71.6 Å². The number of aliphatic imine (C=N–C) groups is 1. The molecule has 0 bridgehead atoms. The second-order valence-corrected chi connectivity index (χ2v) is 15.8. The predicted molar refractivity (Wildman–Crippen MR) is 264 cm³/mol. The van der Waals surface area contributed by atoms with Gasteiger partial charge in [-0.25, -0.2) is 4.99 Å². The normalized spacial score (nSPS) is 18.4. The fraction of sp³-hybridized carbons (Fsp3) is 0.211. The first-order valence-electron chi connectivity index (χ1n) is 21.3. The fourth-order valence-corrected chi connectivity index (χ4v) is 8.28. The Morgan fingerprint density at radius 3 is 2.27 bits per heavy atom. The van der Waals surface area contributed by atoms with Crippen LogP contribution in [0, 0.1) is 11.8 Å². The van der Waals surface area contributed by atoms with E-state index in [1.807, 2.05) is 30.4 Å². The van der Waals surface area contributed by atoms with Crippen LogP contribution in [0.15, 0.2) is 229 Å². The Hall–Kier alpha value is -6.29. The van der Waals surface area contributed by atoms with Gasteiger partial charge in [-0.05, 0) is 106 Å². The van der Waals surface area contributed by atoms with Crippen molar-refractivity contribution in [1.29, 1.82) is 0 Å². The summed E-state index contributed by atoms with van der Waals surface area (Å²) < 4.78 is 0. The van der Waals surface area contributed by atoms with Crippen molar-refractivity contribution in [2.24, 2.45) is 16.8 Å². The lowest BCUT2D eigenvalue weighted by molar-refractivity contribution is 0.257. The van der Waals surface area contributed by atoms with Crippen LogP contribution in [0.2, 0.25) is 0 Å².